The van der Waals surface area contributed by atoms with E-state index in [2.05, 4.69) is 9.26 Å². The molecule has 9 nitrogen and oxygen atoms in total. The molecule has 1 fully saturated rings. The summed E-state index contributed by atoms with van der Waals surface area (Å²) in [6.45, 7) is -1.86. The zero-order valence-electron chi connectivity index (χ0n) is 9.92. The van der Waals surface area contributed by atoms with Gasteiger partial charge in [0.25, 0.3) is 0 Å². The maximum Gasteiger partial charge on any atom is 1.00 e. The van der Waals surface area contributed by atoms with Crippen molar-refractivity contribution in [3.05, 3.63) is 0 Å². The second-order valence-electron chi connectivity index (χ2n) is 3.34. The van der Waals surface area contributed by atoms with Gasteiger partial charge in [-0.2, -0.15) is 0 Å². The number of rotatable bonds is 4. The number of hydrogen-bond donors (Lipinski definition) is 4. The van der Waals surface area contributed by atoms with Gasteiger partial charge >= 0.3 is 59.1 Å². The summed E-state index contributed by atoms with van der Waals surface area (Å²) in [5.74, 6) is -2.40. The standard InChI is InChI=1S/C6H13O9P.2Na/c7-2-6(10)5(9)4(8)3(15-6)1-14-16(11,12)13;;/h3-5,7-10H,1-2H2,(H2,11,12,13);;/q;2*+1/p-2/t3-,4-,5+,6?;;/m1../s1/i1+1,2+1,3+1,4+1,5+1,6+1;;. The molecule has 1 aliphatic heterocycles. The van der Waals surface area contributed by atoms with E-state index < -0.39 is 45.1 Å². The first-order chi connectivity index (χ1) is 7.19. The Morgan fingerprint density at radius 1 is 1.33 bits per heavy atom. The van der Waals surface area contributed by atoms with Crippen molar-refractivity contribution in [2.75, 3.05) is 13.2 Å². The predicted octanol–water partition coefficient (Wildman–Crippen LogP) is -10.4. The molecule has 0 saturated carbocycles. The molecule has 96 valence electrons. The van der Waals surface area contributed by atoms with Gasteiger partial charge in [0.1, 0.15) is 18.3 Å². The monoisotopic (exact) mass is 310 g/mol. The first-order valence-electron chi connectivity index (χ1n) is 4.23. The summed E-state index contributed by atoms with van der Waals surface area (Å²) in [6, 6.07) is 0. The molecular weight excluding hydrogens is 299 g/mol. The Morgan fingerprint density at radius 2 is 1.83 bits per heavy atom. The number of aliphatic hydroxyl groups excluding tert-OH is 3. The Morgan fingerprint density at radius 3 is 2.17 bits per heavy atom. The molecule has 1 heterocycles. The molecule has 18 heavy (non-hydrogen) atoms. The Hall–Kier alpha value is 1.91. The van der Waals surface area contributed by atoms with E-state index in [9.17, 15) is 29.7 Å². The van der Waals surface area contributed by atoms with Crippen LogP contribution in [0, 0.1) is 0 Å². The van der Waals surface area contributed by atoms with Gasteiger partial charge in [0.2, 0.25) is 5.79 Å². The number of phosphoric ester groups is 1. The molecule has 0 spiro atoms. The van der Waals surface area contributed by atoms with Crippen LogP contribution in [0.5, 0.6) is 0 Å². The number of phosphoric acid groups is 1. The first kappa shape index (κ1) is 22.2. The molecule has 4 atom stereocenters. The van der Waals surface area contributed by atoms with E-state index in [1.165, 1.54) is 0 Å². The molecule has 0 bridgehead atoms. The minimum atomic E-state index is -5.23. The molecule has 0 amide bonds. The molecule has 4 N–H and O–H groups in total. The number of hydrogen-bond acceptors (Lipinski definition) is 9. The summed E-state index contributed by atoms with van der Waals surface area (Å²) in [5, 5.41) is 36.6. The van der Waals surface area contributed by atoms with Crippen LogP contribution in [0.25, 0.3) is 0 Å². The smallest absolute Gasteiger partial charge is 0.790 e. The summed E-state index contributed by atoms with van der Waals surface area (Å²) in [7, 11) is -5.23. The van der Waals surface area contributed by atoms with Crippen molar-refractivity contribution in [1.82, 2.24) is 0 Å². The van der Waals surface area contributed by atoms with E-state index >= 15 is 0 Å². The SMILES string of the molecule is O=P([O-])([O-])O[13CH2][13C@H]1O[13C](O)([13CH2]O)[13C@@H](O)[13C@@H]1O.[Na+].[Na+]. The zero-order valence-corrected chi connectivity index (χ0v) is 14.8. The maximum absolute atomic E-state index is 10.1. The van der Waals surface area contributed by atoms with Crippen molar-refractivity contribution in [1.29, 1.82) is 0 Å². The zero-order chi connectivity index (χ0) is 12.6. The van der Waals surface area contributed by atoms with Crippen molar-refractivity contribution in [2.45, 2.75) is 24.1 Å². The Bertz CT molecular complexity index is 299. The van der Waals surface area contributed by atoms with Crippen molar-refractivity contribution >= 4 is 7.82 Å². The Kier molecular flexibility index (Phi) is 10.3. The van der Waals surface area contributed by atoms with Gasteiger partial charge in [-0.25, -0.2) is 0 Å². The van der Waals surface area contributed by atoms with E-state index in [0.29, 0.717) is 0 Å². The molecule has 0 aliphatic carbocycles. The molecule has 0 aromatic rings. The topological polar surface area (TPSA) is 163 Å². The Labute approximate surface area is 147 Å². The van der Waals surface area contributed by atoms with Crippen molar-refractivity contribution < 1.29 is 103 Å². The van der Waals surface area contributed by atoms with Crippen molar-refractivity contribution in [3.63, 3.8) is 0 Å². The predicted molar refractivity (Wildman–Crippen MR) is 42.5 cm³/mol. The fourth-order valence-electron chi connectivity index (χ4n) is 1.30. The summed E-state index contributed by atoms with van der Waals surface area (Å²) < 4.78 is 18.6. The minimum Gasteiger partial charge on any atom is -0.790 e. The van der Waals surface area contributed by atoms with Gasteiger partial charge in [-0.05, 0) is 0 Å². The second kappa shape index (κ2) is 8.38. The van der Waals surface area contributed by atoms with Gasteiger partial charge < -0.3 is 44.0 Å². The average molecular weight is 310 g/mol. The molecule has 0 radical (unpaired) electrons. The third-order valence-electron chi connectivity index (χ3n) is 2.15. The minimum absolute atomic E-state index is 0. The van der Waals surface area contributed by atoms with Crippen molar-refractivity contribution in [3.8, 4) is 0 Å². The first-order valence-corrected chi connectivity index (χ1v) is 5.69. The van der Waals surface area contributed by atoms with Crippen LogP contribution in [0.15, 0.2) is 0 Å². The molecule has 1 unspecified atom stereocenters. The van der Waals surface area contributed by atoms with Gasteiger partial charge in [0.05, 0.1) is 21.0 Å². The van der Waals surface area contributed by atoms with Crippen LogP contribution in [0.1, 0.15) is 0 Å². The van der Waals surface area contributed by atoms with Crippen LogP contribution >= 0.6 is 7.82 Å². The van der Waals surface area contributed by atoms with Gasteiger partial charge in [-0.15, -0.1) is 0 Å². The third kappa shape index (κ3) is 5.72. The van der Waals surface area contributed by atoms with Crippen LogP contribution in [-0.4, -0.2) is 57.7 Å². The van der Waals surface area contributed by atoms with Gasteiger partial charge in [-0.3, -0.25) is 0 Å². The van der Waals surface area contributed by atoms with Crippen LogP contribution in [0.3, 0.4) is 0 Å². The molecule has 0 aromatic heterocycles. The van der Waals surface area contributed by atoms with E-state index in [-0.39, 0.29) is 59.1 Å². The quantitative estimate of drug-likeness (QED) is 0.224. The molecule has 1 aliphatic rings. The van der Waals surface area contributed by atoms with Crippen LogP contribution in [0.4, 0.5) is 0 Å². The molecule has 0 aromatic carbocycles. The molecular formula is C6H11Na2O9P. The number of ether oxygens (including phenoxy) is 1. The normalized spacial score (nSPS) is 35.8. The van der Waals surface area contributed by atoms with E-state index in [1.54, 1.807) is 0 Å². The fourth-order valence-corrected chi connectivity index (χ4v) is 1.63. The van der Waals surface area contributed by atoms with Crippen LogP contribution in [-0.2, 0) is 13.8 Å². The summed E-state index contributed by atoms with van der Waals surface area (Å²) in [5.41, 5.74) is 0. The summed E-state index contributed by atoms with van der Waals surface area (Å²) >= 11 is 0. The van der Waals surface area contributed by atoms with E-state index in [0.717, 1.165) is 0 Å². The van der Waals surface area contributed by atoms with Gasteiger partial charge in [-0.1, -0.05) is 0 Å². The summed E-state index contributed by atoms with van der Waals surface area (Å²) in [6.07, 6.45) is -4.93. The van der Waals surface area contributed by atoms with Crippen molar-refractivity contribution in [2.24, 2.45) is 0 Å². The second-order valence-corrected chi connectivity index (χ2v) is 4.49. The van der Waals surface area contributed by atoms with E-state index in [1.807, 2.05) is 0 Å². The largest absolute Gasteiger partial charge is 1.00 e. The molecule has 1 saturated heterocycles. The van der Waals surface area contributed by atoms with E-state index in [4.69, 9.17) is 5.11 Å². The van der Waals surface area contributed by atoms with Gasteiger partial charge in [0, 0.05) is 0 Å². The van der Waals surface area contributed by atoms with Crippen LogP contribution < -0.4 is 68.9 Å². The average Bonchev–Trinajstić information content (AvgIpc) is 2.40. The molecule has 1 rings (SSSR count). The van der Waals surface area contributed by atoms with Gasteiger partial charge in [0.15, 0.2) is 0 Å². The third-order valence-corrected chi connectivity index (χ3v) is 2.61. The summed E-state index contributed by atoms with van der Waals surface area (Å²) in [4.78, 5) is 20.3. The fraction of sp³-hybridized carbons (Fsp3) is 1.00. The maximum atomic E-state index is 10.1. The molecule has 12 heteroatoms. The number of aliphatic hydroxyl groups is 4. The Balaban J connectivity index is 0. The van der Waals surface area contributed by atoms with Crippen LogP contribution in [0.2, 0.25) is 0 Å².